The summed E-state index contributed by atoms with van der Waals surface area (Å²) < 4.78 is 13.0. The first kappa shape index (κ1) is 14.0. The van der Waals surface area contributed by atoms with Crippen molar-refractivity contribution >= 4 is 11.6 Å². The summed E-state index contributed by atoms with van der Waals surface area (Å²) in [7, 11) is 0. The minimum Gasteiger partial charge on any atom is -0.216 e. The molecule has 94 valence electrons. The molecule has 0 spiro atoms. The molecule has 2 heteroatoms. The van der Waals surface area contributed by atoms with Gasteiger partial charge in [-0.2, -0.15) is 0 Å². The van der Waals surface area contributed by atoms with Gasteiger partial charge in [0.2, 0.25) is 0 Å². The van der Waals surface area contributed by atoms with Gasteiger partial charge in [0, 0.05) is 4.87 Å². The molecule has 1 saturated carbocycles. The molecule has 0 heterocycles. The third-order valence-corrected chi connectivity index (χ3v) is 4.67. The maximum Gasteiger partial charge on any atom is 0.0862 e. The topological polar surface area (TPSA) is 0 Å². The average molecular weight is 247 g/mol. The molecular formula is C14H24ClF. The van der Waals surface area contributed by atoms with Crippen molar-refractivity contribution < 1.29 is 4.39 Å². The van der Waals surface area contributed by atoms with E-state index in [0.29, 0.717) is 11.8 Å². The van der Waals surface area contributed by atoms with Crippen molar-refractivity contribution in [2.45, 2.75) is 64.2 Å². The summed E-state index contributed by atoms with van der Waals surface area (Å²) in [5.74, 6) is 1.05. The van der Waals surface area contributed by atoms with Crippen LogP contribution in [-0.4, -0.2) is 4.87 Å². The highest BCUT2D eigenvalue weighted by atomic mass is 35.5. The first-order chi connectivity index (χ1) is 7.54. The van der Waals surface area contributed by atoms with Crippen LogP contribution in [0.15, 0.2) is 11.9 Å². The molecule has 0 N–H and O–H groups in total. The number of hydrogen-bond donors (Lipinski definition) is 0. The van der Waals surface area contributed by atoms with Gasteiger partial charge in [-0.15, -0.1) is 11.6 Å². The Bertz CT molecular complexity index is 249. The number of alkyl halides is 1. The van der Waals surface area contributed by atoms with E-state index in [0.717, 1.165) is 44.0 Å². The summed E-state index contributed by atoms with van der Waals surface area (Å²) in [6.45, 7) is 6.51. The molecule has 1 aliphatic carbocycles. The van der Waals surface area contributed by atoms with E-state index in [-0.39, 0.29) is 4.87 Å². The van der Waals surface area contributed by atoms with Gasteiger partial charge in [-0.1, -0.05) is 20.8 Å². The Morgan fingerprint density at radius 3 is 2.69 bits per heavy atom. The Labute approximate surface area is 104 Å². The second-order valence-electron chi connectivity index (χ2n) is 5.35. The molecule has 1 fully saturated rings. The molecule has 16 heavy (non-hydrogen) atoms. The van der Waals surface area contributed by atoms with E-state index in [9.17, 15) is 4.39 Å². The van der Waals surface area contributed by atoms with E-state index in [1.807, 2.05) is 0 Å². The number of hydrogen-bond acceptors (Lipinski definition) is 0. The minimum atomic E-state index is -0.208. The lowest BCUT2D eigenvalue weighted by Crippen LogP contribution is -2.27. The number of rotatable bonds is 2. The summed E-state index contributed by atoms with van der Waals surface area (Å²) >= 11 is 6.59. The van der Waals surface area contributed by atoms with Crippen LogP contribution in [0.25, 0.3) is 0 Å². The Kier molecular flexibility index (Phi) is 5.30. The van der Waals surface area contributed by atoms with Gasteiger partial charge < -0.3 is 0 Å². The number of allylic oxidation sites excluding steroid dienone is 1. The third kappa shape index (κ3) is 3.48. The van der Waals surface area contributed by atoms with Crippen LogP contribution < -0.4 is 0 Å². The van der Waals surface area contributed by atoms with Gasteiger partial charge in [-0.25, -0.2) is 4.39 Å². The molecule has 0 radical (unpaired) electrons. The molecule has 3 atom stereocenters. The zero-order valence-corrected chi connectivity index (χ0v) is 11.5. The highest BCUT2D eigenvalue weighted by Gasteiger charge is 2.32. The Morgan fingerprint density at radius 2 is 2.19 bits per heavy atom. The minimum absolute atomic E-state index is 0.208. The van der Waals surface area contributed by atoms with Crippen molar-refractivity contribution in [1.82, 2.24) is 0 Å². The van der Waals surface area contributed by atoms with E-state index in [1.165, 1.54) is 6.42 Å². The van der Waals surface area contributed by atoms with Crippen LogP contribution in [0.1, 0.15) is 59.3 Å². The zero-order valence-electron chi connectivity index (χ0n) is 10.7. The molecule has 0 aromatic rings. The average Bonchev–Trinajstić information content (AvgIpc) is 2.29. The maximum atomic E-state index is 13.0. The molecule has 0 aromatic heterocycles. The Balaban J connectivity index is 2.86. The molecular weight excluding hydrogens is 223 g/mol. The van der Waals surface area contributed by atoms with Gasteiger partial charge in [0.1, 0.15) is 0 Å². The molecule has 0 nitrogen and oxygen atoms in total. The third-order valence-electron chi connectivity index (χ3n) is 4.08. The van der Waals surface area contributed by atoms with Gasteiger partial charge in [0.15, 0.2) is 0 Å². The fourth-order valence-corrected chi connectivity index (χ4v) is 2.98. The summed E-state index contributed by atoms with van der Waals surface area (Å²) in [5, 5.41) is 0. The first-order valence-corrected chi connectivity index (χ1v) is 6.90. The zero-order chi connectivity index (χ0) is 12.2. The summed E-state index contributed by atoms with van der Waals surface area (Å²) in [6.07, 6.45) is 6.80. The van der Waals surface area contributed by atoms with Gasteiger partial charge in [-0.3, -0.25) is 0 Å². The molecule has 3 unspecified atom stereocenters. The Hall–Kier alpha value is -0.0400. The van der Waals surface area contributed by atoms with E-state index < -0.39 is 0 Å². The van der Waals surface area contributed by atoms with Gasteiger partial charge in [0.05, 0.1) is 6.33 Å². The van der Waals surface area contributed by atoms with Gasteiger partial charge in [0.25, 0.3) is 0 Å². The second kappa shape index (κ2) is 6.05. The van der Waals surface area contributed by atoms with Gasteiger partial charge >= 0.3 is 0 Å². The van der Waals surface area contributed by atoms with Crippen LogP contribution >= 0.6 is 11.6 Å². The molecule has 1 aliphatic rings. The maximum absolute atomic E-state index is 13.0. The predicted molar refractivity (Wildman–Crippen MR) is 69.5 cm³/mol. The molecule has 0 bridgehead atoms. The van der Waals surface area contributed by atoms with Gasteiger partial charge in [-0.05, 0) is 55.9 Å². The Morgan fingerprint density at radius 1 is 1.50 bits per heavy atom. The summed E-state index contributed by atoms with van der Waals surface area (Å²) in [6, 6.07) is 0. The highest BCUT2D eigenvalue weighted by Crippen LogP contribution is 2.41. The molecule has 0 saturated heterocycles. The fraction of sp³-hybridized carbons (Fsp3) is 0.857. The van der Waals surface area contributed by atoms with Crippen LogP contribution in [0.5, 0.6) is 0 Å². The first-order valence-electron chi connectivity index (χ1n) is 6.52. The smallest absolute Gasteiger partial charge is 0.0862 e. The largest absolute Gasteiger partial charge is 0.216 e. The molecule has 0 aromatic carbocycles. The lowest BCUT2D eigenvalue weighted by atomic mass is 9.76. The van der Waals surface area contributed by atoms with Crippen molar-refractivity contribution in [2.75, 3.05) is 0 Å². The summed E-state index contributed by atoms with van der Waals surface area (Å²) in [5.41, 5.74) is 0.936. The van der Waals surface area contributed by atoms with Crippen molar-refractivity contribution in [1.29, 1.82) is 0 Å². The van der Waals surface area contributed by atoms with Crippen LogP contribution in [-0.2, 0) is 0 Å². The highest BCUT2D eigenvalue weighted by molar-refractivity contribution is 6.24. The molecule has 1 rings (SSSR count). The normalized spacial score (nSPS) is 39.4. The lowest BCUT2D eigenvalue weighted by Gasteiger charge is -2.34. The SMILES string of the molecule is CCC1CC(C)CCC(Cl)(CC)CC1=CF. The van der Waals surface area contributed by atoms with Crippen LogP contribution in [0.4, 0.5) is 4.39 Å². The molecule has 0 aliphatic heterocycles. The van der Waals surface area contributed by atoms with Crippen molar-refractivity contribution in [3.63, 3.8) is 0 Å². The standard InChI is InChI=1S/C14H24ClF/c1-4-12-8-11(3)6-7-14(15,5-2)9-13(12)10-16/h10-12H,4-9H2,1-3H3. The number of halogens is 2. The van der Waals surface area contributed by atoms with Crippen molar-refractivity contribution in [3.05, 3.63) is 11.9 Å². The van der Waals surface area contributed by atoms with E-state index in [2.05, 4.69) is 20.8 Å². The van der Waals surface area contributed by atoms with Crippen LogP contribution in [0, 0.1) is 11.8 Å². The second-order valence-corrected chi connectivity index (χ2v) is 6.15. The van der Waals surface area contributed by atoms with Crippen LogP contribution in [0.2, 0.25) is 0 Å². The molecule has 0 amide bonds. The van der Waals surface area contributed by atoms with E-state index in [4.69, 9.17) is 11.6 Å². The lowest BCUT2D eigenvalue weighted by molar-refractivity contribution is 0.318. The monoisotopic (exact) mass is 246 g/mol. The van der Waals surface area contributed by atoms with E-state index in [1.54, 1.807) is 0 Å². The quantitative estimate of drug-likeness (QED) is 0.568. The van der Waals surface area contributed by atoms with E-state index >= 15 is 0 Å². The van der Waals surface area contributed by atoms with Crippen LogP contribution in [0.3, 0.4) is 0 Å². The van der Waals surface area contributed by atoms with Crippen molar-refractivity contribution in [2.24, 2.45) is 11.8 Å². The predicted octanol–water partition coefficient (Wildman–Crippen LogP) is 5.46. The fourth-order valence-electron chi connectivity index (χ4n) is 2.72. The summed E-state index contributed by atoms with van der Waals surface area (Å²) in [4.78, 5) is -0.208. The van der Waals surface area contributed by atoms with Crippen molar-refractivity contribution in [3.8, 4) is 0 Å².